The normalized spacial score (nSPS) is 24.7. The molecule has 11 heteroatoms. The highest BCUT2D eigenvalue weighted by Gasteiger charge is 2.61. The maximum Gasteiger partial charge on any atom is 0.438 e. The lowest BCUT2D eigenvalue weighted by Gasteiger charge is -2.37. The molecular weight excluding hydrogens is 427 g/mol. The quantitative estimate of drug-likeness (QED) is 0.791. The Morgan fingerprint density at radius 3 is 2.24 bits per heavy atom. The number of halogens is 3. The lowest BCUT2D eigenvalue weighted by molar-refractivity contribution is -0.262. The number of aliphatic hydroxyl groups is 1. The largest absolute Gasteiger partial charge is 0.438 e. The number of amidine groups is 1. The maximum absolute atomic E-state index is 13.5. The van der Waals surface area contributed by atoms with Crippen LogP contribution < -0.4 is 0 Å². The molecule has 0 radical (unpaired) electrons. The molecule has 0 amide bonds. The van der Waals surface area contributed by atoms with Crippen LogP contribution in [0.1, 0.15) is 12.0 Å². The van der Waals surface area contributed by atoms with Crippen LogP contribution in [0.5, 0.6) is 0 Å². The van der Waals surface area contributed by atoms with Gasteiger partial charge in [0.25, 0.3) is 5.72 Å². The van der Waals surface area contributed by atoms with E-state index in [0.29, 0.717) is 10.6 Å². The van der Waals surface area contributed by atoms with Gasteiger partial charge >= 0.3 is 6.18 Å². The van der Waals surface area contributed by atoms with Crippen molar-refractivity contribution in [3.05, 3.63) is 66.2 Å². The fourth-order valence-corrected chi connectivity index (χ4v) is 5.77. The van der Waals surface area contributed by atoms with Gasteiger partial charge in [-0.15, -0.1) is 0 Å². The SMILES string of the molecule is O=S(=O)(c1ccccc1)[C@@H]1C[C@@](O)(C(F)(F)F)N=C2SC(c3ccccc3)=NN21. The zero-order valence-corrected chi connectivity index (χ0v) is 16.2. The third-order valence-electron chi connectivity index (χ3n) is 4.50. The number of hydrogen-bond acceptors (Lipinski definition) is 7. The molecule has 2 heterocycles. The molecular formula is C18H14F3N3O3S2. The molecule has 0 aliphatic carbocycles. The molecule has 152 valence electrons. The van der Waals surface area contributed by atoms with Gasteiger partial charge in [0.1, 0.15) is 5.04 Å². The molecule has 2 aromatic rings. The lowest BCUT2D eigenvalue weighted by Crippen LogP contribution is -2.55. The van der Waals surface area contributed by atoms with Crippen LogP contribution in [-0.4, -0.2) is 46.0 Å². The Bertz CT molecular complexity index is 1090. The first kappa shape index (κ1) is 19.9. The number of alkyl halides is 3. The number of benzene rings is 2. The van der Waals surface area contributed by atoms with Gasteiger partial charge in [0.05, 0.1) is 4.90 Å². The fraction of sp³-hybridized carbons (Fsp3) is 0.222. The van der Waals surface area contributed by atoms with Crippen LogP contribution in [0.25, 0.3) is 0 Å². The first-order valence-electron chi connectivity index (χ1n) is 8.41. The molecule has 0 bridgehead atoms. The van der Waals surface area contributed by atoms with Crippen molar-refractivity contribution >= 4 is 31.8 Å². The van der Waals surface area contributed by atoms with E-state index in [9.17, 15) is 26.7 Å². The van der Waals surface area contributed by atoms with Crippen molar-refractivity contribution in [1.29, 1.82) is 0 Å². The Morgan fingerprint density at radius 1 is 1.07 bits per heavy atom. The topological polar surface area (TPSA) is 82.3 Å². The molecule has 4 rings (SSSR count). The summed E-state index contributed by atoms with van der Waals surface area (Å²) in [5, 5.41) is 13.6. The predicted molar refractivity (Wildman–Crippen MR) is 103 cm³/mol. The molecule has 0 fully saturated rings. The van der Waals surface area contributed by atoms with Crippen LogP contribution in [0.15, 0.2) is 75.7 Å². The first-order chi connectivity index (χ1) is 13.6. The van der Waals surface area contributed by atoms with E-state index in [1.807, 2.05) is 0 Å². The van der Waals surface area contributed by atoms with E-state index < -0.39 is 33.5 Å². The van der Waals surface area contributed by atoms with Gasteiger partial charge in [-0.3, -0.25) is 0 Å². The van der Waals surface area contributed by atoms with Crippen LogP contribution in [0, 0.1) is 0 Å². The molecule has 2 aliphatic rings. The minimum Gasteiger partial charge on any atom is -0.362 e. The minimum atomic E-state index is -5.15. The van der Waals surface area contributed by atoms with Gasteiger partial charge in [-0.1, -0.05) is 48.5 Å². The van der Waals surface area contributed by atoms with Crippen molar-refractivity contribution in [2.75, 3.05) is 0 Å². The lowest BCUT2D eigenvalue weighted by atomic mass is 10.1. The standard InChI is InChI=1S/C18H14F3N3O3S2/c19-18(20,21)17(25)11-14(29(26,27)13-9-5-2-6-10-13)24-16(22-17)28-15(23-24)12-7-3-1-4-8-12/h1-10,14,25H,11H2/t14-,17-/m1/s1. The van der Waals surface area contributed by atoms with E-state index >= 15 is 0 Å². The minimum absolute atomic E-state index is 0.163. The van der Waals surface area contributed by atoms with E-state index in [1.54, 1.807) is 36.4 Å². The summed E-state index contributed by atoms with van der Waals surface area (Å²) in [6.45, 7) is 0. The second-order valence-corrected chi connectivity index (χ2v) is 9.50. The van der Waals surface area contributed by atoms with Gasteiger partial charge < -0.3 is 5.11 Å². The van der Waals surface area contributed by atoms with Gasteiger partial charge in [-0.2, -0.15) is 18.3 Å². The van der Waals surface area contributed by atoms with Crippen LogP contribution in [-0.2, 0) is 9.84 Å². The van der Waals surface area contributed by atoms with Gasteiger partial charge in [0, 0.05) is 12.0 Å². The molecule has 0 spiro atoms. The third-order valence-corrected chi connectivity index (χ3v) is 7.48. The molecule has 0 saturated heterocycles. The van der Waals surface area contributed by atoms with Gasteiger partial charge in [0.2, 0.25) is 9.84 Å². The number of sulfone groups is 1. The number of fused-ring (bicyclic) bond motifs is 1. The predicted octanol–water partition coefficient (Wildman–Crippen LogP) is 3.21. The third kappa shape index (κ3) is 3.43. The van der Waals surface area contributed by atoms with E-state index in [4.69, 9.17) is 0 Å². The number of thioether (sulfide) groups is 1. The average molecular weight is 441 g/mol. The maximum atomic E-state index is 13.5. The number of aliphatic imine (C=N–C) groups is 1. The fourth-order valence-electron chi connectivity index (χ4n) is 2.97. The highest BCUT2D eigenvalue weighted by atomic mass is 32.2. The summed E-state index contributed by atoms with van der Waals surface area (Å²) in [7, 11) is -4.29. The van der Waals surface area contributed by atoms with Gasteiger partial charge in [-0.25, -0.2) is 18.4 Å². The second-order valence-electron chi connectivity index (χ2n) is 6.44. The van der Waals surface area contributed by atoms with Crippen molar-refractivity contribution in [3.8, 4) is 0 Å². The molecule has 29 heavy (non-hydrogen) atoms. The van der Waals surface area contributed by atoms with E-state index in [0.717, 1.165) is 16.8 Å². The molecule has 0 aromatic heterocycles. The second kappa shape index (κ2) is 6.85. The molecule has 2 aliphatic heterocycles. The summed E-state index contributed by atoms with van der Waals surface area (Å²) >= 11 is 0.783. The van der Waals surface area contributed by atoms with Crippen LogP contribution >= 0.6 is 11.8 Å². The average Bonchev–Trinajstić information content (AvgIpc) is 3.11. The van der Waals surface area contributed by atoms with E-state index in [1.165, 1.54) is 24.3 Å². The zero-order valence-electron chi connectivity index (χ0n) is 14.6. The summed E-state index contributed by atoms with van der Waals surface area (Å²) in [4.78, 5) is 3.27. The summed E-state index contributed by atoms with van der Waals surface area (Å²) in [5.41, 5.74) is -2.93. The van der Waals surface area contributed by atoms with Crippen LogP contribution in [0.2, 0.25) is 0 Å². The smallest absolute Gasteiger partial charge is 0.362 e. The van der Waals surface area contributed by atoms with Crippen molar-refractivity contribution in [2.45, 2.75) is 28.6 Å². The number of rotatable bonds is 3. The summed E-state index contributed by atoms with van der Waals surface area (Å²) in [6, 6.07) is 15.7. The summed E-state index contributed by atoms with van der Waals surface area (Å²) < 4.78 is 66.9. The zero-order chi connectivity index (χ0) is 20.9. The Hall–Kier alpha value is -2.37. The van der Waals surface area contributed by atoms with Crippen LogP contribution in [0.4, 0.5) is 13.2 Å². The Kier molecular flexibility index (Phi) is 4.71. The summed E-state index contributed by atoms with van der Waals surface area (Å²) in [5.74, 6) is 0. The van der Waals surface area contributed by atoms with Crippen molar-refractivity contribution in [2.24, 2.45) is 10.1 Å². The first-order valence-corrected chi connectivity index (χ1v) is 10.8. The highest BCUT2D eigenvalue weighted by molar-refractivity contribution is 8.27. The Morgan fingerprint density at radius 2 is 1.66 bits per heavy atom. The molecule has 0 saturated carbocycles. The summed E-state index contributed by atoms with van der Waals surface area (Å²) in [6.07, 6.45) is -6.34. The monoisotopic (exact) mass is 441 g/mol. The van der Waals surface area contributed by atoms with Gasteiger partial charge in [0.15, 0.2) is 10.5 Å². The molecule has 2 atom stereocenters. The Balaban J connectivity index is 1.84. The molecule has 6 nitrogen and oxygen atoms in total. The number of hydrogen-bond donors (Lipinski definition) is 1. The van der Waals surface area contributed by atoms with Gasteiger partial charge in [-0.05, 0) is 23.9 Å². The van der Waals surface area contributed by atoms with Crippen molar-refractivity contribution < 1.29 is 26.7 Å². The molecule has 0 unspecified atom stereocenters. The van der Waals surface area contributed by atoms with E-state index in [-0.39, 0.29) is 10.1 Å². The molecule has 2 aromatic carbocycles. The number of hydrazone groups is 1. The van der Waals surface area contributed by atoms with E-state index in [2.05, 4.69) is 10.1 Å². The molecule has 1 N–H and O–H groups in total. The highest BCUT2D eigenvalue weighted by Crippen LogP contribution is 2.45. The van der Waals surface area contributed by atoms with Crippen LogP contribution in [0.3, 0.4) is 0 Å². The van der Waals surface area contributed by atoms with Crippen molar-refractivity contribution in [1.82, 2.24) is 5.01 Å². The Labute approximate surface area is 168 Å². The number of nitrogens with zero attached hydrogens (tertiary/aromatic N) is 3. The van der Waals surface area contributed by atoms with Crippen molar-refractivity contribution in [3.63, 3.8) is 0 Å².